The van der Waals surface area contributed by atoms with E-state index in [4.69, 9.17) is 9.72 Å². The summed E-state index contributed by atoms with van der Waals surface area (Å²) in [4.78, 5) is 18.3. The normalized spacial score (nSPS) is 13.1. The number of hydrogen-bond acceptors (Lipinski definition) is 4. The van der Waals surface area contributed by atoms with Crippen LogP contribution in [0.25, 0.3) is 11.3 Å². The molecule has 2 aromatic rings. The number of rotatable bonds is 4. The number of hydrogen-bond donors (Lipinski definition) is 1. The first-order valence-corrected chi connectivity index (χ1v) is 9.00. The number of nitrogens with one attached hydrogen (secondary N) is 1. The minimum absolute atomic E-state index is 0.0455. The first kappa shape index (κ1) is 18.2. The first-order chi connectivity index (χ1) is 12.2. The summed E-state index contributed by atoms with van der Waals surface area (Å²) in [7, 11) is 1.76. The van der Waals surface area contributed by atoms with Crippen LogP contribution in [0, 0.1) is 5.41 Å². The molecule has 5 nitrogen and oxygen atoms in total. The highest BCUT2D eigenvalue weighted by molar-refractivity contribution is 5.93. The van der Waals surface area contributed by atoms with Crippen LogP contribution in [0.1, 0.15) is 33.3 Å². The van der Waals surface area contributed by atoms with Gasteiger partial charge in [0.15, 0.2) is 5.82 Å². The Balaban J connectivity index is 1.97. The quantitative estimate of drug-likeness (QED) is 0.898. The van der Waals surface area contributed by atoms with Crippen LogP contribution in [0.5, 0.6) is 5.75 Å². The zero-order chi connectivity index (χ0) is 18.9. The van der Waals surface area contributed by atoms with Gasteiger partial charge < -0.3 is 10.1 Å². The average Bonchev–Trinajstić information content (AvgIpc) is 3.06. The molecule has 0 saturated carbocycles. The summed E-state index contributed by atoms with van der Waals surface area (Å²) in [5.41, 5.74) is 4.09. The molecule has 0 fully saturated rings. The number of aromatic nitrogens is 1. The van der Waals surface area contributed by atoms with E-state index in [2.05, 4.69) is 32.2 Å². The molecule has 2 heterocycles. The van der Waals surface area contributed by atoms with Gasteiger partial charge >= 0.3 is 0 Å². The van der Waals surface area contributed by atoms with Crippen LogP contribution in [-0.4, -0.2) is 31.1 Å². The fourth-order valence-corrected chi connectivity index (χ4v) is 2.86. The van der Waals surface area contributed by atoms with Crippen molar-refractivity contribution in [1.29, 1.82) is 0 Å². The predicted molar refractivity (Wildman–Crippen MR) is 106 cm³/mol. The summed E-state index contributed by atoms with van der Waals surface area (Å²) in [6.07, 6.45) is 0.925. The van der Waals surface area contributed by atoms with Crippen molar-refractivity contribution in [2.45, 2.75) is 34.1 Å². The van der Waals surface area contributed by atoms with Crippen molar-refractivity contribution in [3.8, 4) is 17.0 Å². The molecule has 1 aromatic heterocycles. The number of nitrogens with zero attached hydrogens (tertiary/aromatic N) is 2. The summed E-state index contributed by atoms with van der Waals surface area (Å²) in [6.45, 7) is 9.59. The van der Waals surface area contributed by atoms with Crippen molar-refractivity contribution in [2.75, 3.05) is 30.4 Å². The van der Waals surface area contributed by atoms with E-state index < -0.39 is 0 Å². The Hall–Kier alpha value is -2.56. The molecule has 1 aliphatic heterocycles. The molecule has 26 heavy (non-hydrogen) atoms. The molecule has 1 N–H and O–H groups in total. The number of ether oxygens (including phenoxy) is 1. The maximum Gasteiger partial charge on any atom is 0.224 e. The summed E-state index contributed by atoms with van der Waals surface area (Å²) < 4.78 is 5.58. The van der Waals surface area contributed by atoms with Crippen molar-refractivity contribution in [3.05, 3.63) is 35.9 Å². The lowest BCUT2D eigenvalue weighted by molar-refractivity contribution is -0.116. The second-order valence-electron chi connectivity index (χ2n) is 7.98. The third kappa shape index (κ3) is 3.98. The van der Waals surface area contributed by atoms with Crippen LogP contribution in [0.4, 0.5) is 11.5 Å². The van der Waals surface area contributed by atoms with Gasteiger partial charge in [0.25, 0.3) is 0 Å². The van der Waals surface area contributed by atoms with Gasteiger partial charge in [-0.3, -0.25) is 9.69 Å². The Labute approximate surface area is 155 Å². The van der Waals surface area contributed by atoms with Crippen LogP contribution >= 0.6 is 0 Å². The predicted octanol–water partition coefficient (Wildman–Crippen LogP) is 4.12. The zero-order valence-electron chi connectivity index (χ0n) is 16.2. The molecule has 5 heteroatoms. The molecule has 1 amide bonds. The Kier molecular flexibility index (Phi) is 4.90. The zero-order valence-corrected chi connectivity index (χ0v) is 16.2. The van der Waals surface area contributed by atoms with Crippen LogP contribution in [0.2, 0.25) is 0 Å². The monoisotopic (exact) mass is 353 g/mol. The smallest absolute Gasteiger partial charge is 0.224 e. The van der Waals surface area contributed by atoms with Crippen molar-refractivity contribution < 1.29 is 9.53 Å². The Morgan fingerprint density at radius 3 is 2.73 bits per heavy atom. The van der Waals surface area contributed by atoms with E-state index in [1.54, 1.807) is 18.9 Å². The van der Waals surface area contributed by atoms with Crippen molar-refractivity contribution in [2.24, 2.45) is 5.41 Å². The van der Waals surface area contributed by atoms with Gasteiger partial charge in [0, 0.05) is 32.5 Å². The van der Waals surface area contributed by atoms with Gasteiger partial charge in [-0.2, -0.15) is 0 Å². The molecule has 0 radical (unpaired) electrons. The molecule has 138 valence electrons. The van der Waals surface area contributed by atoms with E-state index in [0.717, 1.165) is 42.3 Å². The molecular weight excluding hydrogens is 326 g/mol. The van der Waals surface area contributed by atoms with Crippen LogP contribution < -0.4 is 15.0 Å². The van der Waals surface area contributed by atoms with Gasteiger partial charge in [-0.05, 0) is 41.3 Å². The summed E-state index contributed by atoms with van der Waals surface area (Å²) in [5.74, 6) is 1.56. The highest BCUT2D eigenvalue weighted by Crippen LogP contribution is 2.33. The molecule has 1 aliphatic rings. The Bertz CT molecular complexity index is 824. The molecule has 0 unspecified atom stereocenters. The summed E-state index contributed by atoms with van der Waals surface area (Å²) >= 11 is 0. The van der Waals surface area contributed by atoms with Crippen LogP contribution in [-0.2, 0) is 11.2 Å². The lowest BCUT2D eigenvalue weighted by Crippen LogP contribution is -2.26. The fourth-order valence-electron chi connectivity index (χ4n) is 2.86. The van der Waals surface area contributed by atoms with E-state index in [1.165, 1.54) is 5.56 Å². The number of anilines is 2. The molecule has 0 aliphatic carbocycles. The standard InChI is InChI=1S/C21H27N3O2/c1-14(25)24(5)20-18(22-13-21(2,3)4)8-7-17(23-20)15-6-9-19-16(12-15)10-11-26-19/h6-9,12,22H,10-11,13H2,1-5H3. The molecule has 0 bridgehead atoms. The SMILES string of the molecule is CC(=O)N(C)c1nc(-c2ccc3c(c2)CCO3)ccc1NCC(C)(C)C. The first-order valence-electron chi connectivity index (χ1n) is 9.00. The van der Waals surface area contributed by atoms with Crippen molar-refractivity contribution in [3.63, 3.8) is 0 Å². The Morgan fingerprint density at radius 1 is 1.27 bits per heavy atom. The largest absolute Gasteiger partial charge is 0.493 e. The molecule has 3 rings (SSSR count). The van der Waals surface area contributed by atoms with E-state index in [-0.39, 0.29) is 11.3 Å². The molecular formula is C21H27N3O2. The minimum Gasteiger partial charge on any atom is -0.493 e. The maximum absolute atomic E-state index is 11.9. The summed E-state index contributed by atoms with van der Waals surface area (Å²) in [6, 6.07) is 10.2. The molecule has 0 atom stereocenters. The number of fused-ring (bicyclic) bond motifs is 1. The number of pyridine rings is 1. The lowest BCUT2D eigenvalue weighted by Gasteiger charge is -2.24. The third-order valence-electron chi connectivity index (χ3n) is 4.46. The van der Waals surface area contributed by atoms with E-state index in [0.29, 0.717) is 5.82 Å². The van der Waals surface area contributed by atoms with Gasteiger partial charge in [-0.1, -0.05) is 20.8 Å². The van der Waals surface area contributed by atoms with Gasteiger partial charge in [0.2, 0.25) is 5.91 Å². The fraction of sp³-hybridized carbons (Fsp3) is 0.429. The number of carbonyl (C=O) groups excluding carboxylic acids is 1. The summed E-state index contributed by atoms with van der Waals surface area (Å²) in [5, 5.41) is 3.43. The van der Waals surface area contributed by atoms with Gasteiger partial charge in [-0.25, -0.2) is 4.98 Å². The molecule has 0 spiro atoms. The lowest BCUT2D eigenvalue weighted by atomic mass is 9.97. The Morgan fingerprint density at radius 2 is 2.04 bits per heavy atom. The molecule has 0 saturated heterocycles. The average molecular weight is 353 g/mol. The maximum atomic E-state index is 11.9. The van der Waals surface area contributed by atoms with E-state index in [9.17, 15) is 4.79 Å². The third-order valence-corrected chi connectivity index (χ3v) is 4.46. The second kappa shape index (κ2) is 6.98. The van der Waals surface area contributed by atoms with E-state index >= 15 is 0 Å². The minimum atomic E-state index is -0.0455. The van der Waals surface area contributed by atoms with Gasteiger partial charge in [-0.15, -0.1) is 0 Å². The van der Waals surface area contributed by atoms with Crippen LogP contribution in [0.3, 0.4) is 0 Å². The van der Waals surface area contributed by atoms with Crippen molar-refractivity contribution in [1.82, 2.24) is 4.98 Å². The van der Waals surface area contributed by atoms with Crippen LogP contribution in [0.15, 0.2) is 30.3 Å². The van der Waals surface area contributed by atoms with E-state index in [1.807, 2.05) is 24.3 Å². The second-order valence-corrected chi connectivity index (χ2v) is 7.98. The number of benzene rings is 1. The highest BCUT2D eigenvalue weighted by Gasteiger charge is 2.18. The van der Waals surface area contributed by atoms with Gasteiger partial charge in [0.05, 0.1) is 18.0 Å². The number of carbonyl (C=O) groups is 1. The highest BCUT2D eigenvalue weighted by atomic mass is 16.5. The van der Waals surface area contributed by atoms with Crippen molar-refractivity contribution >= 4 is 17.4 Å². The van der Waals surface area contributed by atoms with Gasteiger partial charge in [0.1, 0.15) is 5.75 Å². The topological polar surface area (TPSA) is 54.5 Å². The molecule has 1 aromatic carbocycles. The number of amides is 1.